The summed E-state index contributed by atoms with van der Waals surface area (Å²) < 4.78 is 37.4. The molecule has 1 heterocycles. The van der Waals surface area contributed by atoms with Crippen molar-refractivity contribution in [2.45, 2.75) is 19.8 Å². The Labute approximate surface area is 79.0 Å². The molecule has 0 aliphatic heterocycles. The Morgan fingerprint density at radius 2 is 2.21 bits per heavy atom. The summed E-state index contributed by atoms with van der Waals surface area (Å²) in [6.45, 7) is 1.48. The highest BCUT2D eigenvalue weighted by atomic mass is 19.3. The largest absolute Gasteiger partial charge is 0.280 e. The van der Waals surface area contributed by atoms with Gasteiger partial charge in [-0.2, -0.15) is 9.65 Å². The van der Waals surface area contributed by atoms with Gasteiger partial charge in [-0.15, -0.1) is 0 Å². The number of pyridine rings is 1. The molecule has 0 radical (unpaired) electrons. The van der Waals surface area contributed by atoms with Crippen LogP contribution in [0.2, 0.25) is 0 Å². The first kappa shape index (κ1) is 10.5. The lowest BCUT2D eigenvalue weighted by Crippen LogP contribution is -2.01. The lowest BCUT2D eigenvalue weighted by atomic mass is 10.1. The molecular weight excluding hydrogens is 193 g/mol. The summed E-state index contributed by atoms with van der Waals surface area (Å²) in [6.07, 6.45) is -2.95. The van der Waals surface area contributed by atoms with Gasteiger partial charge in [0, 0.05) is 5.56 Å². The van der Waals surface area contributed by atoms with E-state index in [0.717, 1.165) is 6.07 Å². The number of nitriles is 1. The number of aryl methyl sites for hydroxylation is 1. The predicted octanol–water partition coefficient (Wildman–Crippen LogP) is 2.53. The maximum atomic E-state index is 13.1. The van der Waals surface area contributed by atoms with Gasteiger partial charge in [0.15, 0.2) is 0 Å². The first-order valence-corrected chi connectivity index (χ1v) is 3.87. The summed E-state index contributed by atoms with van der Waals surface area (Å²) in [6, 6.07) is 2.84. The second-order valence-corrected chi connectivity index (χ2v) is 2.77. The van der Waals surface area contributed by atoms with Crippen molar-refractivity contribution < 1.29 is 13.2 Å². The van der Waals surface area contributed by atoms with Gasteiger partial charge in [0.25, 0.3) is 6.43 Å². The van der Waals surface area contributed by atoms with Crippen molar-refractivity contribution in [1.82, 2.24) is 4.98 Å². The van der Waals surface area contributed by atoms with E-state index in [2.05, 4.69) is 4.98 Å². The van der Waals surface area contributed by atoms with Crippen LogP contribution in [-0.4, -0.2) is 4.98 Å². The van der Waals surface area contributed by atoms with Gasteiger partial charge in [-0.3, -0.25) is 0 Å². The molecule has 1 aromatic heterocycles. The van der Waals surface area contributed by atoms with E-state index in [4.69, 9.17) is 5.26 Å². The smallest absolute Gasteiger partial charge is 0.218 e. The van der Waals surface area contributed by atoms with Gasteiger partial charge in [-0.1, -0.05) is 0 Å². The Balaban J connectivity index is 3.19. The highest BCUT2D eigenvalue weighted by Gasteiger charge is 2.15. The third-order valence-corrected chi connectivity index (χ3v) is 1.80. The summed E-state index contributed by atoms with van der Waals surface area (Å²) in [5.41, 5.74) is -0.187. The maximum Gasteiger partial charge on any atom is 0.280 e. The molecular formula is C9H7F3N2. The predicted molar refractivity (Wildman–Crippen MR) is 43.2 cm³/mol. The first-order chi connectivity index (χ1) is 6.56. The molecule has 0 spiro atoms. The van der Waals surface area contributed by atoms with E-state index in [1.807, 2.05) is 0 Å². The summed E-state index contributed by atoms with van der Waals surface area (Å²) in [5, 5.41) is 8.35. The van der Waals surface area contributed by atoms with Crippen LogP contribution in [0.4, 0.5) is 13.2 Å². The van der Waals surface area contributed by atoms with Crippen LogP contribution in [0.1, 0.15) is 23.2 Å². The number of halogens is 3. The third-order valence-electron chi connectivity index (χ3n) is 1.80. The number of rotatable bonds is 2. The molecule has 0 bridgehead atoms. The summed E-state index contributed by atoms with van der Waals surface area (Å²) in [5.74, 6) is -0.984. The third kappa shape index (κ3) is 2.02. The molecule has 0 aromatic carbocycles. The molecule has 0 unspecified atom stereocenters. The molecule has 0 fully saturated rings. The average molecular weight is 200 g/mol. The molecule has 0 atom stereocenters. The van der Waals surface area contributed by atoms with Gasteiger partial charge in [0.05, 0.1) is 12.5 Å². The van der Waals surface area contributed by atoms with E-state index in [9.17, 15) is 13.2 Å². The summed E-state index contributed by atoms with van der Waals surface area (Å²) >= 11 is 0. The number of aromatic nitrogens is 1. The van der Waals surface area contributed by atoms with Crippen LogP contribution in [0.25, 0.3) is 0 Å². The fourth-order valence-electron chi connectivity index (χ4n) is 1.09. The van der Waals surface area contributed by atoms with Crippen molar-refractivity contribution in [3.8, 4) is 6.07 Å². The van der Waals surface area contributed by atoms with E-state index < -0.39 is 18.1 Å². The van der Waals surface area contributed by atoms with E-state index in [-0.39, 0.29) is 12.0 Å². The molecule has 0 amide bonds. The normalized spacial score (nSPS) is 10.3. The van der Waals surface area contributed by atoms with Crippen LogP contribution < -0.4 is 0 Å². The highest BCUT2D eigenvalue weighted by molar-refractivity contribution is 5.29. The van der Waals surface area contributed by atoms with Crippen molar-refractivity contribution in [3.63, 3.8) is 0 Å². The molecule has 2 nitrogen and oxygen atoms in total. The van der Waals surface area contributed by atoms with E-state index in [1.165, 1.54) is 6.92 Å². The molecule has 0 saturated heterocycles. The molecule has 0 N–H and O–H groups in total. The topological polar surface area (TPSA) is 36.7 Å². The number of nitrogens with zero attached hydrogens (tertiary/aromatic N) is 2. The first-order valence-electron chi connectivity index (χ1n) is 3.87. The minimum absolute atomic E-state index is 0.0805. The van der Waals surface area contributed by atoms with Crippen molar-refractivity contribution in [2.75, 3.05) is 0 Å². The van der Waals surface area contributed by atoms with Gasteiger partial charge in [0.1, 0.15) is 5.69 Å². The average Bonchev–Trinajstić information content (AvgIpc) is 2.10. The van der Waals surface area contributed by atoms with Crippen LogP contribution >= 0.6 is 0 Å². The Kier molecular flexibility index (Phi) is 3.07. The van der Waals surface area contributed by atoms with Gasteiger partial charge in [0.2, 0.25) is 5.95 Å². The molecule has 5 heteroatoms. The monoisotopic (exact) mass is 200 g/mol. The van der Waals surface area contributed by atoms with Gasteiger partial charge in [-0.25, -0.2) is 13.8 Å². The zero-order valence-corrected chi connectivity index (χ0v) is 7.39. The Hall–Kier alpha value is -1.57. The fraction of sp³-hybridized carbons (Fsp3) is 0.333. The number of hydrogen-bond donors (Lipinski definition) is 0. The molecule has 74 valence electrons. The second kappa shape index (κ2) is 4.09. The minimum atomic E-state index is -2.79. The van der Waals surface area contributed by atoms with E-state index >= 15 is 0 Å². The van der Waals surface area contributed by atoms with Crippen LogP contribution in [0.3, 0.4) is 0 Å². The highest BCUT2D eigenvalue weighted by Crippen LogP contribution is 2.21. The number of alkyl halides is 2. The Morgan fingerprint density at radius 3 is 2.64 bits per heavy atom. The molecule has 0 aliphatic rings. The quantitative estimate of drug-likeness (QED) is 0.688. The maximum absolute atomic E-state index is 13.1. The Bertz CT molecular complexity index is 359. The van der Waals surface area contributed by atoms with E-state index in [1.54, 1.807) is 6.07 Å². The zero-order chi connectivity index (χ0) is 10.7. The summed E-state index contributed by atoms with van der Waals surface area (Å²) in [4.78, 5) is 3.08. The minimum Gasteiger partial charge on any atom is -0.218 e. The van der Waals surface area contributed by atoms with Crippen LogP contribution in [-0.2, 0) is 6.42 Å². The lowest BCUT2D eigenvalue weighted by molar-refractivity contribution is 0.144. The SMILES string of the molecule is Cc1cc(C(F)F)nc(F)c1CC#N. The molecule has 14 heavy (non-hydrogen) atoms. The van der Waals surface area contributed by atoms with Crippen LogP contribution in [0.5, 0.6) is 0 Å². The summed E-state index contributed by atoms with van der Waals surface area (Å²) in [7, 11) is 0. The fourth-order valence-corrected chi connectivity index (χ4v) is 1.09. The number of hydrogen-bond acceptors (Lipinski definition) is 2. The van der Waals surface area contributed by atoms with Crippen molar-refractivity contribution in [2.24, 2.45) is 0 Å². The van der Waals surface area contributed by atoms with Gasteiger partial charge < -0.3 is 0 Å². The van der Waals surface area contributed by atoms with Crippen LogP contribution in [0.15, 0.2) is 6.07 Å². The second-order valence-electron chi connectivity index (χ2n) is 2.77. The lowest BCUT2D eigenvalue weighted by Gasteiger charge is -2.05. The van der Waals surface area contributed by atoms with Crippen molar-refractivity contribution in [1.29, 1.82) is 5.26 Å². The molecule has 0 saturated carbocycles. The van der Waals surface area contributed by atoms with Gasteiger partial charge >= 0.3 is 0 Å². The standard InChI is InChI=1S/C9H7F3N2/c1-5-4-7(8(10)11)14-9(12)6(5)2-3-13/h4,8H,2H2,1H3. The van der Waals surface area contributed by atoms with Crippen molar-refractivity contribution in [3.05, 3.63) is 28.8 Å². The van der Waals surface area contributed by atoms with Crippen LogP contribution in [0, 0.1) is 24.2 Å². The molecule has 0 aliphatic carbocycles. The van der Waals surface area contributed by atoms with Gasteiger partial charge in [-0.05, 0) is 18.6 Å². The van der Waals surface area contributed by atoms with Crippen molar-refractivity contribution >= 4 is 0 Å². The van der Waals surface area contributed by atoms with E-state index in [0.29, 0.717) is 5.56 Å². The zero-order valence-electron chi connectivity index (χ0n) is 7.39. The molecule has 1 aromatic rings. The molecule has 1 rings (SSSR count). The Morgan fingerprint density at radius 1 is 1.57 bits per heavy atom.